The Morgan fingerprint density at radius 2 is 1.06 bits per heavy atom. The lowest BCUT2D eigenvalue weighted by atomic mass is 10.1. The van der Waals surface area contributed by atoms with Crippen LogP contribution >= 0.6 is 23.2 Å². The summed E-state index contributed by atoms with van der Waals surface area (Å²) >= 11 is 12.9. The number of phenols is 2. The number of anilines is 2. The largest absolute Gasteiger partial charge is 0.508 e. The number of halogens is 2. The van der Waals surface area contributed by atoms with Gasteiger partial charge < -0.3 is 25.8 Å². The van der Waals surface area contributed by atoms with E-state index in [0.29, 0.717) is 23.1 Å². The summed E-state index contributed by atoms with van der Waals surface area (Å²) in [6.45, 7) is 0.882. The van der Waals surface area contributed by atoms with Gasteiger partial charge in [0.05, 0.1) is 22.4 Å². The van der Waals surface area contributed by atoms with E-state index in [1.54, 1.807) is 24.3 Å². The third-order valence-corrected chi connectivity index (χ3v) is 6.10. The molecule has 0 fully saturated rings. The van der Waals surface area contributed by atoms with Gasteiger partial charge in [-0.05, 0) is 36.4 Å². The van der Waals surface area contributed by atoms with Crippen molar-refractivity contribution in [1.29, 1.82) is 0 Å². The maximum absolute atomic E-state index is 10.1. The predicted octanol–water partition coefficient (Wildman–Crippen LogP) is 7.26. The minimum Gasteiger partial charge on any atom is -0.508 e. The van der Waals surface area contributed by atoms with Gasteiger partial charge in [0, 0.05) is 45.0 Å². The van der Waals surface area contributed by atoms with E-state index >= 15 is 0 Å². The van der Waals surface area contributed by atoms with Gasteiger partial charge in [0.2, 0.25) is 0 Å². The predicted molar refractivity (Wildman–Crippen MR) is 137 cm³/mol. The van der Waals surface area contributed by atoms with Gasteiger partial charge >= 0.3 is 0 Å². The molecule has 5 rings (SSSR count). The van der Waals surface area contributed by atoms with E-state index in [2.05, 4.69) is 15.6 Å². The second-order valence-electron chi connectivity index (χ2n) is 7.84. The first kappa shape index (κ1) is 21.3. The Kier molecular flexibility index (Phi) is 5.67. The van der Waals surface area contributed by atoms with Gasteiger partial charge in [0.1, 0.15) is 11.5 Å². The first-order valence-corrected chi connectivity index (χ1v) is 11.2. The SMILES string of the molecule is Oc1ccccc1CNc1cc(Cl)cc2c1[nH]c1c(NCc3ccccc3O)cc(Cl)cc12. The van der Waals surface area contributed by atoms with Crippen LogP contribution in [-0.4, -0.2) is 15.2 Å². The average Bonchev–Trinajstić information content (AvgIpc) is 3.16. The molecule has 4 aromatic carbocycles. The molecule has 0 aliphatic heterocycles. The fraction of sp³-hybridized carbons (Fsp3) is 0.0769. The number of hydrogen-bond acceptors (Lipinski definition) is 4. The average molecular weight is 478 g/mol. The van der Waals surface area contributed by atoms with Crippen LogP contribution in [0.5, 0.6) is 11.5 Å². The number of hydrogen-bond donors (Lipinski definition) is 5. The Morgan fingerprint density at radius 3 is 1.48 bits per heavy atom. The molecule has 7 heteroatoms. The zero-order valence-electron chi connectivity index (χ0n) is 17.5. The molecular weight excluding hydrogens is 457 g/mol. The Hall–Kier alpha value is -3.54. The van der Waals surface area contributed by atoms with Crippen LogP contribution in [-0.2, 0) is 13.1 Å². The van der Waals surface area contributed by atoms with Crippen molar-refractivity contribution < 1.29 is 10.2 Å². The van der Waals surface area contributed by atoms with Gasteiger partial charge in [0.25, 0.3) is 0 Å². The second-order valence-corrected chi connectivity index (χ2v) is 8.71. The van der Waals surface area contributed by atoms with Crippen molar-refractivity contribution >= 4 is 56.4 Å². The lowest BCUT2D eigenvalue weighted by Crippen LogP contribution is -2.01. The van der Waals surface area contributed by atoms with Crippen molar-refractivity contribution in [2.45, 2.75) is 13.1 Å². The molecule has 0 saturated carbocycles. The van der Waals surface area contributed by atoms with Crippen LogP contribution in [0.2, 0.25) is 10.0 Å². The summed E-state index contributed by atoms with van der Waals surface area (Å²) < 4.78 is 0. The molecule has 0 aliphatic carbocycles. The summed E-state index contributed by atoms with van der Waals surface area (Å²) in [6, 6.07) is 22.0. The smallest absolute Gasteiger partial charge is 0.120 e. The summed E-state index contributed by atoms with van der Waals surface area (Å²) in [5.74, 6) is 0.477. The number of para-hydroxylation sites is 2. The van der Waals surface area contributed by atoms with Gasteiger partial charge in [-0.3, -0.25) is 0 Å². The van der Waals surface area contributed by atoms with Crippen LogP contribution in [0.4, 0.5) is 11.4 Å². The summed E-state index contributed by atoms with van der Waals surface area (Å²) in [4.78, 5) is 3.50. The molecule has 0 atom stereocenters. The minimum absolute atomic E-state index is 0.238. The molecule has 0 saturated heterocycles. The second kappa shape index (κ2) is 8.77. The zero-order chi connectivity index (χ0) is 22.9. The zero-order valence-corrected chi connectivity index (χ0v) is 19.0. The Balaban J connectivity index is 1.55. The molecule has 0 spiro atoms. The van der Waals surface area contributed by atoms with E-state index in [1.807, 2.05) is 48.5 Å². The van der Waals surface area contributed by atoms with Crippen LogP contribution < -0.4 is 10.6 Å². The van der Waals surface area contributed by atoms with E-state index < -0.39 is 0 Å². The van der Waals surface area contributed by atoms with Crippen molar-refractivity contribution in [3.8, 4) is 11.5 Å². The number of aromatic amines is 1. The molecule has 0 radical (unpaired) electrons. The molecule has 5 aromatic rings. The van der Waals surface area contributed by atoms with E-state index in [9.17, 15) is 10.2 Å². The minimum atomic E-state index is 0.238. The number of H-pyrrole nitrogens is 1. The highest BCUT2D eigenvalue weighted by Crippen LogP contribution is 2.38. The fourth-order valence-electron chi connectivity index (χ4n) is 4.01. The number of aromatic nitrogens is 1. The number of phenolic OH excluding ortho intramolecular Hbond substituents is 2. The quantitative estimate of drug-likeness (QED) is 0.178. The molecule has 5 N–H and O–H groups in total. The molecule has 166 valence electrons. The van der Waals surface area contributed by atoms with Crippen LogP contribution in [0.3, 0.4) is 0 Å². The molecule has 33 heavy (non-hydrogen) atoms. The summed E-state index contributed by atoms with van der Waals surface area (Å²) in [5, 5.41) is 30.0. The maximum Gasteiger partial charge on any atom is 0.120 e. The van der Waals surface area contributed by atoms with Crippen molar-refractivity contribution in [3.63, 3.8) is 0 Å². The van der Waals surface area contributed by atoms with Crippen molar-refractivity contribution in [3.05, 3.63) is 94.0 Å². The van der Waals surface area contributed by atoms with Gasteiger partial charge in [0.15, 0.2) is 0 Å². The molecule has 0 amide bonds. The highest BCUT2D eigenvalue weighted by Gasteiger charge is 2.14. The van der Waals surface area contributed by atoms with Crippen LogP contribution in [0.1, 0.15) is 11.1 Å². The fourth-order valence-corrected chi connectivity index (χ4v) is 4.45. The highest BCUT2D eigenvalue weighted by atomic mass is 35.5. The lowest BCUT2D eigenvalue weighted by molar-refractivity contribution is 0.468. The van der Waals surface area contributed by atoms with Crippen molar-refractivity contribution in [1.82, 2.24) is 4.98 Å². The van der Waals surface area contributed by atoms with Gasteiger partial charge in [-0.2, -0.15) is 0 Å². The Bertz CT molecular complexity index is 1370. The number of aromatic hydroxyl groups is 2. The van der Waals surface area contributed by atoms with E-state index in [0.717, 1.165) is 44.3 Å². The molecule has 1 aromatic heterocycles. The van der Waals surface area contributed by atoms with Gasteiger partial charge in [-0.25, -0.2) is 0 Å². The normalized spacial score (nSPS) is 11.2. The first-order valence-electron chi connectivity index (χ1n) is 10.5. The molecule has 0 aliphatic rings. The van der Waals surface area contributed by atoms with E-state index in [1.165, 1.54) is 0 Å². The number of fused-ring (bicyclic) bond motifs is 3. The molecular formula is C26H21Cl2N3O2. The summed E-state index contributed by atoms with van der Waals surface area (Å²) in [6.07, 6.45) is 0. The first-order chi connectivity index (χ1) is 16.0. The van der Waals surface area contributed by atoms with Crippen molar-refractivity contribution in [2.24, 2.45) is 0 Å². The van der Waals surface area contributed by atoms with Crippen LogP contribution in [0.25, 0.3) is 21.8 Å². The summed E-state index contributed by atoms with van der Waals surface area (Å²) in [5.41, 5.74) is 4.99. The third-order valence-electron chi connectivity index (χ3n) is 5.67. The van der Waals surface area contributed by atoms with Gasteiger partial charge in [-0.15, -0.1) is 0 Å². The van der Waals surface area contributed by atoms with E-state index in [4.69, 9.17) is 23.2 Å². The Morgan fingerprint density at radius 1 is 0.636 bits per heavy atom. The van der Waals surface area contributed by atoms with Crippen LogP contribution in [0.15, 0.2) is 72.8 Å². The number of benzene rings is 4. The molecule has 0 unspecified atom stereocenters. The number of nitrogens with one attached hydrogen (secondary N) is 3. The maximum atomic E-state index is 10.1. The topological polar surface area (TPSA) is 80.3 Å². The monoisotopic (exact) mass is 477 g/mol. The summed E-state index contributed by atoms with van der Waals surface area (Å²) in [7, 11) is 0. The van der Waals surface area contributed by atoms with Crippen molar-refractivity contribution in [2.75, 3.05) is 10.6 Å². The molecule has 0 bridgehead atoms. The highest BCUT2D eigenvalue weighted by molar-refractivity contribution is 6.34. The lowest BCUT2D eigenvalue weighted by Gasteiger charge is -2.10. The third kappa shape index (κ3) is 4.25. The van der Waals surface area contributed by atoms with Crippen LogP contribution in [0, 0.1) is 0 Å². The molecule has 1 heterocycles. The van der Waals surface area contributed by atoms with Gasteiger partial charge in [-0.1, -0.05) is 59.6 Å². The Labute approximate surface area is 200 Å². The number of rotatable bonds is 6. The standard InChI is InChI=1S/C26H21Cl2N3O2/c27-17-9-19-20-10-18(28)12-22(30-14-16-6-2-4-8-24(16)33)26(20)31-25(19)21(11-17)29-13-15-5-1-3-7-23(15)32/h1-12,29-33H,13-14H2. The van der Waals surface area contributed by atoms with E-state index in [-0.39, 0.29) is 11.5 Å². The molecule has 5 nitrogen and oxygen atoms in total.